The predicted octanol–water partition coefficient (Wildman–Crippen LogP) is 1.65. The normalized spacial score (nSPS) is 23.7. The van der Waals surface area contributed by atoms with Crippen LogP contribution in [0.25, 0.3) is 11.0 Å². The summed E-state index contributed by atoms with van der Waals surface area (Å²) in [6, 6.07) is 8.26. The number of nitrogens with zero attached hydrogens (tertiary/aromatic N) is 2. The van der Waals surface area contributed by atoms with Crippen molar-refractivity contribution in [2.75, 3.05) is 11.4 Å². The topological polar surface area (TPSA) is 75.0 Å². The molecule has 1 aliphatic rings. The third kappa shape index (κ3) is 2.16. The molecule has 0 radical (unpaired) electrons. The first-order valence-electron chi connectivity index (χ1n) is 6.66. The fourth-order valence-corrected chi connectivity index (χ4v) is 2.82. The SMILES string of the molecule is CC1CC(C(N)=O)CCN1c1nc2ccccc2[nH]1. The van der Waals surface area contributed by atoms with Crippen molar-refractivity contribution in [1.29, 1.82) is 0 Å². The van der Waals surface area contributed by atoms with Crippen LogP contribution in [0.3, 0.4) is 0 Å². The quantitative estimate of drug-likeness (QED) is 0.860. The molecule has 1 amide bonds. The Morgan fingerprint density at radius 2 is 2.26 bits per heavy atom. The maximum absolute atomic E-state index is 11.3. The molecule has 0 aliphatic carbocycles. The molecule has 19 heavy (non-hydrogen) atoms. The summed E-state index contributed by atoms with van der Waals surface area (Å²) in [5.74, 6) is 0.698. The molecular weight excluding hydrogens is 240 g/mol. The smallest absolute Gasteiger partial charge is 0.220 e. The van der Waals surface area contributed by atoms with Crippen molar-refractivity contribution in [2.45, 2.75) is 25.8 Å². The molecule has 0 bridgehead atoms. The van der Waals surface area contributed by atoms with Crippen molar-refractivity contribution >= 4 is 22.9 Å². The van der Waals surface area contributed by atoms with E-state index in [1.165, 1.54) is 0 Å². The minimum Gasteiger partial charge on any atom is -0.369 e. The lowest BCUT2D eigenvalue weighted by atomic mass is 9.91. The Kier molecular flexibility index (Phi) is 2.89. The van der Waals surface area contributed by atoms with Crippen molar-refractivity contribution in [1.82, 2.24) is 9.97 Å². The first-order chi connectivity index (χ1) is 9.15. The number of primary amides is 1. The number of rotatable bonds is 2. The van der Waals surface area contributed by atoms with Crippen LogP contribution in [-0.4, -0.2) is 28.5 Å². The summed E-state index contributed by atoms with van der Waals surface area (Å²) in [6.07, 6.45) is 1.60. The Morgan fingerprint density at radius 3 is 2.95 bits per heavy atom. The number of hydrogen-bond donors (Lipinski definition) is 2. The third-order valence-electron chi connectivity index (χ3n) is 3.93. The van der Waals surface area contributed by atoms with Gasteiger partial charge in [0.25, 0.3) is 0 Å². The number of carbonyl (C=O) groups is 1. The van der Waals surface area contributed by atoms with Crippen LogP contribution in [-0.2, 0) is 4.79 Å². The van der Waals surface area contributed by atoms with Gasteiger partial charge in [-0.15, -0.1) is 0 Å². The lowest BCUT2D eigenvalue weighted by Gasteiger charge is -2.36. The summed E-state index contributed by atoms with van der Waals surface area (Å²) in [6.45, 7) is 2.93. The van der Waals surface area contributed by atoms with Gasteiger partial charge in [-0.2, -0.15) is 0 Å². The Balaban J connectivity index is 1.84. The molecule has 3 N–H and O–H groups in total. The number of carbonyl (C=O) groups excluding carboxylic acids is 1. The zero-order valence-electron chi connectivity index (χ0n) is 11.0. The van der Waals surface area contributed by atoms with Gasteiger partial charge >= 0.3 is 0 Å². The summed E-state index contributed by atoms with van der Waals surface area (Å²) in [7, 11) is 0. The van der Waals surface area contributed by atoms with E-state index in [0.29, 0.717) is 0 Å². The van der Waals surface area contributed by atoms with E-state index in [0.717, 1.165) is 36.4 Å². The number of piperidine rings is 1. The summed E-state index contributed by atoms with van der Waals surface area (Å²) < 4.78 is 0. The number of anilines is 1. The molecule has 1 saturated heterocycles. The van der Waals surface area contributed by atoms with E-state index in [9.17, 15) is 4.79 Å². The lowest BCUT2D eigenvalue weighted by molar-refractivity contribution is -0.122. The zero-order valence-corrected chi connectivity index (χ0v) is 11.0. The number of amides is 1. The molecule has 5 nitrogen and oxygen atoms in total. The molecule has 2 aromatic rings. The molecule has 1 fully saturated rings. The van der Waals surface area contributed by atoms with Crippen LogP contribution in [0.15, 0.2) is 24.3 Å². The maximum Gasteiger partial charge on any atom is 0.220 e. The van der Waals surface area contributed by atoms with Gasteiger partial charge in [0, 0.05) is 18.5 Å². The minimum atomic E-state index is -0.184. The fourth-order valence-electron chi connectivity index (χ4n) is 2.82. The second kappa shape index (κ2) is 4.57. The van der Waals surface area contributed by atoms with E-state index < -0.39 is 0 Å². The molecule has 1 aliphatic heterocycles. The minimum absolute atomic E-state index is 0.00405. The second-order valence-electron chi connectivity index (χ2n) is 5.24. The van der Waals surface area contributed by atoms with E-state index in [1.807, 2.05) is 24.3 Å². The van der Waals surface area contributed by atoms with E-state index in [4.69, 9.17) is 5.73 Å². The average molecular weight is 258 g/mol. The maximum atomic E-state index is 11.3. The molecule has 100 valence electrons. The zero-order chi connectivity index (χ0) is 13.4. The summed E-state index contributed by atoms with van der Waals surface area (Å²) in [5, 5.41) is 0. The van der Waals surface area contributed by atoms with Crippen LogP contribution in [0.1, 0.15) is 19.8 Å². The Hall–Kier alpha value is -2.04. The van der Waals surface area contributed by atoms with Gasteiger partial charge in [-0.1, -0.05) is 12.1 Å². The number of aromatic amines is 1. The standard InChI is InChI=1S/C14H18N4O/c1-9-8-10(13(15)19)6-7-18(9)14-16-11-4-2-3-5-12(11)17-14/h2-5,9-10H,6-8H2,1H3,(H2,15,19)(H,16,17). The predicted molar refractivity (Wildman–Crippen MR) is 74.8 cm³/mol. The highest BCUT2D eigenvalue weighted by Gasteiger charge is 2.29. The van der Waals surface area contributed by atoms with Gasteiger partial charge in [0.15, 0.2) is 0 Å². The summed E-state index contributed by atoms with van der Waals surface area (Å²) >= 11 is 0. The molecule has 5 heteroatoms. The highest BCUT2D eigenvalue weighted by atomic mass is 16.1. The van der Waals surface area contributed by atoms with Gasteiger partial charge in [0.1, 0.15) is 0 Å². The van der Waals surface area contributed by atoms with Gasteiger partial charge in [0.2, 0.25) is 11.9 Å². The van der Waals surface area contributed by atoms with Crippen molar-refractivity contribution in [3.05, 3.63) is 24.3 Å². The van der Waals surface area contributed by atoms with Crippen molar-refractivity contribution < 1.29 is 4.79 Å². The van der Waals surface area contributed by atoms with Crippen LogP contribution in [0.4, 0.5) is 5.95 Å². The molecule has 0 saturated carbocycles. The summed E-state index contributed by atoms with van der Waals surface area (Å²) in [5.41, 5.74) is 7.41. The second-order valence-corrected chi connectivity index (χ2v) is 5.24. The van der Waals surface area contributed by atoms with E-state index >= 15 is 0 Å². The number of benzene rings is 1. The number of nitrogens with one attached hydrogen (secondary N) is 1. The highest BCUT2D eigenvalue weighted by Crippen LogP contribution is 2.27. The molecule has 1 aromatic heterocycles. The molecule has 2 atom stereocenters. The van der Waals surface area contributed by atoms with E-state index in [1.54, 1.807) is 0 Å². The van der Waals surface area contributed by atoms with Gasteiger partial charge in [-0.3, -0.25) is 4.79 Å². The molecular formula is C14H18N4O. The van der Waals surface area contributed by atoms with Gasteiger partial charge in [-0.25, -0.2) is 4.98 Å². The van der Waals surface area contributed by atoms with Crippen molar-refractivity contribution in [3.8, 4) is 0 Å². The molecule has 3 rings (SSSR count). The highest BCUT2D eigenvalue weighted by molar-refractivity contribution is 5.78. The fraction of sp³-hybridized carbons (Fsp3) is 0.429. The van der Waals surface area contributed by atoms with E-state index in [-0.39, 0.29) is 17.9 Å². The number of fused-ring (bicyclic) bond motifs is 1. The summed E-state index contributed by atoms with van der Waals surface area (Å²) in [4.78, 5) is 21.4. The lowest BCUT2D eigenvalue weighted by Crippen LogP contribution is -2.44. The number of hydrogen-bond acceptors (Lipinski definition) is 3. The third-order valence-corrected chi connectivity index (χ3v) is 3.93. The number of para-hydroxylation sites is 2. The molecule has 2 unspecified atom stereocenters. The van der Waals surface area contributed by atoms with Gasteiger partial charge < -0.3 is 15.6 Å². The van der Waals surface area contributed by atoms with Gasteiger partial charge in [-0.05, 0) is 31.9 Å². The number of aromatic nitrogens is 2. The monoisotopic (exact) mass is 258 g/mol. The Morgan fingerprint density at radius 1 is 1.47 bits per heavy atom. The Bertz CT molecular complexity index is 573. The van der Waals surface area contributed by atoms with Crippen molar-refractivity contribution in [2.24, 2.45) is 11.7 Å². The average Bonchev–Trinajstić information content (AvgIpc) is 2.81. The van der Waals surface area contributed by atoms with Crippen LogP contribution >= 0.6 is 0 Å². The first kappa shape index (κ1) is 12.0. The molecule has 1 aromatic carbocycles. The number of H-pyrrole nitrogens is 1. The van der Waals surface area contributed by atoms with Crippen LogP contribution < -0.4 is 10.6 Å². The molecule has 0 spiro atoms. The molecule has 2 heterocycles. The van der Waals surface area contributed by atoms with Crippen LogP contribution in [0.5, 0.6) is 0 Å². The number of nitrogens with two attached hydrogens (primary N) is 1. The van der Waals surface area contributed by atoms with E-state index in [2.05, 4.69) is 21.8 Å². The van der Waals surface area contributed by atoms with Crippen LogP contribution in [0, 0.1) is 5.92 Å². The first-order valence-corrected chi connectivity index (χ1v) is 6.66. The number of imidazole rings is 1. The largest absolute Gasteiger partial charge is 0.369 e. The van der Waals surface area contributed by atoms with Crippen LogP contribution in [0.2, 0.25) is 0 Å². The van der Waals surface area contributed by atoms with Crippen molar-refractivity contribution in [3.63, 3.8) is 0 Å². The Labute approximate surface area is 111 Å². The van der Waals surface area contributed by atoms with Gasteiger partial charge in [0.05, 0.1) is 11.0 Å².